The van der Waals surface area contributed by atoms with E-state index in [9.17, 15) is 0 Å². The lowest BCUT2D eigenvalue weighted by Gasteiger charge is -2.35. The molecule has 0 aromatic heterocycles. The van der Waals surface area contributed by atoms with Crippen molar-refractivity contribution in [1.29, 1.82) is 0 Å². The Hall–Kier alpha value is -0.545. The molecule has 1 N–H and O–H groups in total. The van der Waals surface area contributed by atoms with E-state index < -0.39 is 5.97 Å². The van der Waals surface area contributed by atoms with Crippen LogP contribution in [0.15, 0.2) is 0 Å². The summed E-state index contributed by atoms with van der Waals surface area (Å²) < 4.78 is 0. The van der Waals surface area contributed by atoms with Crippen molar-refractivity contribution in [3.63, 3.8) is 0 Å². The number of carbonyl (C=O) groups is 1. The number of likely N-dealkylation sites (N-methyl/N-ethyl adjacent to an activating group) is 1. The summed E-state index contributed by atoms with van der Waals surface area (Å²) in [6.07, 6.45) is 0. The molecule has 1 heterocycles. The molecule has 1 aliphatic heterocycles. The van der Waals surface area contributed by atoms with Gasteiger partial charge in [-0.25, -0.2) is 0 Å². The Labute approximate surface area is 80.9 Å². The van der Waals surface area contributed by atoms with Crippen LogP contribution in [0.25, 0.3) is 0 Å². The van der Waals surface area contributed by atoms with E-state index in [0.29, 0.717) is 6.04 Å². The first-order valence-electron chi connectivity index (χ1n) is 4.33. The fourth-order valence-corrected chi connectivity index (χ4v) is 1.08. The molecule has 1 fully saturated rings. The quantitative estimate of drug-likeness (QED) is 0.529. The van der Waals surface area contributed by atoms with E-state index in [1.165, 1.54) is 0 Å². The number of piperazine rings is 1. The number of rotatable bonds is 0. The van der Waals surface area contributed by atoms with Crippen LogP contribution >= 0.6 is 0 Å². The summed E-state index contributed by atoms with van der Waals surface area (Å²) in [6, 6.07) is 0.615. The first-order valence-corrected chi connectivity index (χ1v) is 4.33. The van der Waals surface area contributed by atoms with Crippen molar-refractivity contribution in [3.05, 3.63) is 0 Å². The van der Waals surface area contributed by atoms with E-state index in [1.807, 2.05) is 4.81 Å². The summed E-state index contributed by atoms with van der Waals surface area (Å²) in [4.78, 5) is 13.2. The summed E-state index contributed by atoms with van der Waals surface area (Å²) in [6.45, 7) is 6.37. The van der Waals surface area contributed by atoms with Crippen LogP contribution in [0.1, 0.15) is 13.8 Å². The van der Waals surface area contributed by atoms with Gasteiger partial charge in [-0.05, 0) is 20.5 Å². The van der Waals surface area contributed by atoms with Crippen molar-refractivity contribution >= 4 is 14.0 Å². The predicted molar refractivity (Wildman–Crippen MR) is 52.7 cm³/mol. The van der Waals surface area contributed by atoms with E-state index in [0.717, 1.165) is 26.6 Å². The van der Waals surface area contributed by atoms with Crippen molar-refractivity contribution in [2.45, 2.75) is 19.9 Å². The molecule has 0 aromatic rings. The second-order valence-electron chi connectivity index (χ2n) is 3.34. The van der Waals surface area contributed by atoms with Gasteiger partial charge in [0.25, 0.3) is 5.97 Å². The van der Waals surface area contributed by atoms with Crippen LogP contribution in [-0.2, 0) is 4.79 Å². The number of hydrogen-bond acceptors (Lipinski definition) is 3. The van der Waals surface area contributed by atoms with Crippen molar-refractivity contribution < 1.29 is 9.90 Å². The van der Waals surface area contributed by atoms with Gasteiger partial charge < -0.3 is 14.8 Å². The minimum absolute atomic E-state index is 0.615. The van der Waals surface area contributed by atoms with E-state index >= 15 is 0 Å². The number of aliphatic carboxylic acids is 1. The van der Waals surface area contributed by atoms with Gasteiger partial charge in [0.1, 0.15) is 0 Å². The fourth-order valence-electron chi connectivity index (χ4n) is 1.08. The molecular weight excluding hydrogens is 167 g/mol. The van der Waals surface area contributed by atoms with Crippen LogP contribution < -0.4 is 0 Å². The summed E-state index contributed by atoms with van der Waals surface area (Å²) in [5, 5.41) is 7.42. The molecular formula is C8H17BN2O2. The molecule has 0 aromatic carbocycles. The number of carboxylic acid groups (broad SMARTS) is 1. The second kappa shape index (κ2) is 5.99. The lowest BCUT2D eigenvalue weighted by atomic mass is 10.1. The average Bonchev–Trinajstić information content (AvgIpc) is 1.96. The molecule has 2 radical (unpaired) electrons. The third-order valence-electron chi connectivity index (χ3n) is 1.99. The van der Waals surface area contributed by atoms with Gasteiger partial charge in [0.2, 0.25) is 0 Å². The standard InChI is InChI=1S/C6H13BN2.C2H4O2/c1-6-5-9(7)4-3-8(6)2;1-2(3)4/h6H,3-5H2,1-2H3;1H3,(H,3,4)/t6-;/m0./s1. The SMILES string of the molecule is CC(=O)O.[B]N1CCN(C)[C@@H](C)C1. The first-order chi connectivity index (χ1) is 5.93. The highest BCUT2D eigenvalue weighted by atomic mass is 16.4. The van der Waals surface area contributed by atoms with Crippen LogP contribution in [0.4, 0.5) is 0 Å². The van der Waals surface area contributed by atoms with E-state index in [-0.39, 0.29) is 0 Å². The maximum absolute atomic E-state index is 9.00. The van der Waals surface area contributed by atoms with E-state index in [2.05, 4.69) is 18.9 Å². The zero-order valence-electron chi connectivity index (χ0n) is 8.53. The van der Waals surface area contributed by atoms with Gasteiger partial charge in [-0.1, -0.05) is 0 Å². The Morgan fingerprint density at radius 2 is 2.00 bits per heavy atom. The van der Waals surface area contributed by atoms with Gasteiger partial charge in [-0.15, -0.1) is 0 Å². The fraction of sp³-hybridized carbons (Fsp3) is 0.875. The highest BCUT2D eigenvalue weighted by molar-refractivity contribution is 6.04. The molecule has 0 unspecified atom stereocenters. The van der Waals surface area contributed by atoms with Gasteiger partial charge in [0, 0.05) is 26.1 Å². The molecule has 0 saturated carbocycles. The van der Waals surface area contributed by atoms with Gasteiger partial charge >= 0.3 is 0 Å². The molecule has 0 bridgehead atoms. The molecule has 0 aliphatic carbocycles. The van der Waals surface area contributed by atoms with Crippen molar-refractivity contribution in [1.82, 2.24) is 9.71 Å². The minimum atomic E-state index is -0.833. The lowest BCUT2D eigenvalue weighted by Crippen LogP contribution is -2.48. The Balaban J connectivity index is 0.000000310. The summed E-state index contributed by atoms with van der Waals surface area (Å²) in [7, 11) is 7.73. The molecule has 1 atom stereocenters. The Morgan fingerprint density at radius 3 is 2.31 bits per heavy atom. The highest BCUT2D eigenvalue weighted by Gasteiger charge is 2.16. The minimum Gasteiger partial charge on any atom is -0.481 e. The second-order valence-corrected chi connectivity index (χ2v) is 3.34. The smallest absolute Gasteiger partial charge is 0.300 e. The topological polar surface area (TPSA) is 43.8 Å². The summed E-state index contributed by atoms with van der Waals surface area (Å²) >= 11 is 0. The van der Waals surface area contributed by atoms with Crippen LogP contribution in [0.2, 0.25) is 0 Å². The monoisotopic (exact) mass is 184 g/mol. The molecule has 4 nitrogen and oxygen atoms in total. The zero-order valence-corrected chi connectivity index (χ0v) is 8.53. The van der Waals surface area contributed by atoms with Crippen LogP contribution in [-0.4, -0.2) is 61.5 Å². The van der Waals surface area contributed by atoms with Crippen molar-refractivity contribution in [2.24, 2.45) is 0 Å². The normalized spacial score (nSPS) is 24.7. The average molecular weight is 184 g/mol. The number of nitrogens with zero attached hydrogens (tertiary/aromatic N) is 2. The number of hydrogen-bond donors (Lipinski definition) is 1. The first kappa shape index (κ1) is 12.5. The maximum atomic E-state index is 9.00. The molecule has 1 rings (SSSR count). The van der Waals surface area contributed by atoms with Crippen LogP contribution in [0.3, 0.4) is 0 Å². The van der Waals surface area contributed by atoms with Gasteiger partial charge in [-0.3, -0.25) is 4.79 Å². The van der Waals surface area contributed by atoms with Gasteiger partial charge in [0.15, 0.2) is 7.98 Å². The Bertz CT molecular complexity index is 162. The molecule has 1 aliphatic rings. The number of carboxylic acids is 1. The molecule has 0 spiro atoms. The highest BCUT2D eigenvalue weighted by Crippen LogP contribution is 2.02. The summed E-state index contributed by atoms with van der Waals surface area (Å²) in [5.41, 5.74) is 0. The van der Waals surface area contributed by atoms with E-state index in [4.69, 9.17) is 17.9 Å². The maximum Gasteiger partial charge on any atom is 0.300 e. The van der Waals surface area contributed by atoms with E-state index in [1.54, 1.807) is 0 Å². The van der Waals surface area contributed by atoms with Crippen molar-refractivity contribution in [3.8, 4) is 0 Å². The Morgan fingerprint density at radius 1 is 1.54 bits per heavy atom. The molecule has 1 saturated heterocycles. The molecule has 5 heteroatoms. The third-order valence-corrected chi connectivity index (χ3v) is 1.99. The molecule has 74 valence electrons. The molecule has 0 amide bonds. The zero-order chi connectivity index (χ0) is 10.4. The predicted octanol–water partition coefficient (Wildman–Crippen LogP) is -0.203. The van der Waals surface area contributed by atoms with Crippen LogP contribution in [0.5, 0.6) is 0 Å². The van der Waals surface area contributed by atoms with Gasteiger partial charge in [0.05, 0.1) is 0 Å². The van der Waals surface area contributed by atoms with Gasteiger partial charge in [-0.2, -0.15) is 0 Å². The van der Waals surface area contributed by atoms with Crippen LogP contribution in [0, 0.1) is 0 Å². The third kappa shape index (κ3) is 6.60. The Kier molecular flexibility index (Phi) is 5.74. The van der Waals surface area contributed by atoms with Crippen molar-refractivity contribution in [2.75, 3.05) is 26.7 Å². The summed E-state index contributed by atoms with van der Waals surface area (Å²) in [5.74, 6) is -0.833. The molecule has 13 heavy (non-hydrogen) atoms. The largest absolute Gasteiger partial charge is 0.481 e. The lowest BCUT2D eigenvalue weighted by molar-refractivity contribution is -0.134.